The molecule has 41 heavy (non-hydrogen) atoms. The lowest BCUT2D eigenvalue weighted by molar-refractivity contribution is -0.146. The van der Waals surface area contributed by atoms with Crippen LogP contribution in [0.2, 0.25) is 0 Å². The maximum absolute atomic E-state index is 13.6. The van der Waals surface area contributed by atoms with E-state index in [-0.39, 0.29) is 17.5 Å². The minimum Gasteiger partial charge on any atom is -0.383 e. The average Bonchev–Trinajstić information content (AvgIpc) is 3.34. The summed E-state index contributed by atoms with van der Waals surface area (Å²) in [6.07, 6.45) is 5.69. The van der Waals surface area contributed by atoms with Crippen molar-refractivity contribution in [1.82, 2.24) is 14.8 Å². The molecule has 10 heteroatoms. The molecule has 3 fully saturated rings. The molecule has 2 amide bonds. The number of fused-ring (bicyclic) bond motifs is 1. The van der Waals surface area contributed by atoms with Gasteiger partial charge in [-0.1, -0.05) is 24.8 Å². The van der Waals surface area contributed by atoms with Gasteiger partial charge in [-0.3, -0.25) is 9.59 Å². The Hall–Kier alpha value is -2.82. The lowest BCUT2D eigenvalue weighted by Gasteiger charge is -2.45. The van der Waals surface area contributed by atoms with Gasteiger partial charge in [0.25, 0.3) is 0 Å². The molecule has 220 valence electrons. The Kier molecular flexibility index (Phi) is 7.67. The number of aromatic nitrogens is 1. The third kappa shape index (κ3) is 5.66. The molecule has 4 aliphatic rings. The smallest absolute Gasteiger partial charge is 0.313 e. The molecule has 0 radical (unpaired) electrons. The molecule has 9 nitrogen and oxygen atoms in total. The topological polar surface area (TPSA) is 113 Å². The number of anilines is 3. The van der Waals surface area contributed by atoms with Crippen LogP contribution in [-0.4, -0.2) is 70.9 Å². The maximum atomic E-state index is 13.6. The van der Waals surface area contributed by atoms with Crippen molar-refractivity contribution < 1.29 is 14.3 Å². The molecule has 0 spiro atoms. The number of hydrogen-bond donors (Lipinski definition) is 3. The van der Waals surface area contributed by atoms with Gasteiger partial charge in [0.15, 0.2) is 0 Å². The number of carbonyl (C=O) groups excluding carboxylic acids is 2. The highest BCUT2D eigenvalue weighted by atomic mass is 32.2. The van der Waals surface area contributed by atoms with Crippen LogP contribution in [-0.2, 0) is 14.3 Å². The summed E-state index contributed by atoms with van der Waals surface area (Å²) in [5.74, 6) is 0.357. The third-order valence-corrected chi connectivity index (χ3v) is 10.9. The number of rotatable bonds is 4. The van der Waals surface area contributed by atoms with Gasteiger partial charge >= 0.3 is 11.8 Å². The number of nitrogen functional groups attached to an aromatic ring is 1. The largest absolute Gasteiger partial charge is 0.383 e. The second-order valence-electron chi connectivity index (χ2n) is 13.0. The highest BCUT2D eigenvalue weighted by Gasteiger charge is 2.39. The van der Waals surface area contributed by atoms with Crippen molar-refractivity contribution in [2.24, 2.45) is 11.8 Å². The van der Waals surface area contributed by atoms with Gasteiger partial charge in [-0.05, 0) is 88.7 Å². The third-order valence-electron chi connectivity index (χ3n) is 9.56. The van der Waals surface area contributed by atoms with Crippen LogP contribution in [0, 0.1) is 11.8 Å². The van der Waals surface area contributed by atoms with E-state index < -0.39 is 11.8 Å². The minimum absolute atomic E-state index is 0.143. The van der Waals surface area contributed by atoms with E-state index in [0.717, 1.165) is 42.6 Å². The van der Waals surface area contributed by atoms with Gasteiger partial charge in [0.05, 0.1) is 36.5 Å². The van der Waals surface area contributed by atoms with Crippen molar-refractivity contribution in [2.45, 2.75) is 74.2 Å². The first-order valence-corrected chi connectivity index (χ1v) is 15.7. The van der Waals surface area contributed by atoms with Gasteiger partial charge in [0, 0.05) is 34.1 Å². The zero-order chi connectivity index (χ0) is 28.9. The average molecular weight is 579 g/mol. The second kappa shape index (κ2) is 11.1. The number of carbonyl (C=O) groups is 2. The number of nitrogens with two attached hydrogens (primary N) is 1. The van der Waals surface area contributed by atoms with Crippen molar-refractivity contribution in [1.29, 1.82) is 0 Å². The molecule has 4 aliphatic heterocycles. The maximum Gasteiger partial charge on any atom is 0.313 e. The Balaban J connectivity index is 1.16. The van der Waals surface area contributed by atoms with Gasteiger partial charge in [0.2, 0.25) is 0 Å². The van der Waals surface area contributed by atoms with E-state index in [2.05, 4.69) is 66.5 Å². The van der Waals surface area contributed by atoms with Crippen molar-refractivity contribution >= 4 is 40.8 Å². The molecule has 0 saturated carbocycles. The summed E-state index contributed by atoms with van der Waals surface area (Å²) in [5, 5.41) is 6.95. The fraction of sp³-hybridized carbons (Fsp3) is 0.581. The molecule has 1 aromatic carbocycles. The molecule has 0 bridgehead atoms. The van der Waals surface area contributed by atoms with E-state index >= 15 is 0 Å². The summed E-state index contributed by atoms with van der Waals surface area (Å²) in [7, 11) is 2.22. The number of thioether (sulfide) groups is 1. The Morgan fingerprint density at radius 2 is 2.00 bits per heavy atom. The van der Waals surface area contributed by atoms with Crippen molar-refractivity contribution in [3.8, 4) is 0 Å². The normalized spacial score (nSPS) is 28.0. The molecule has 6 rings (SSSR count). The van der Waals surface area contributed by atoms with Crippen LogP contribution >= 0.6 is 11.8 Å². The quantitative estimate of drug-likeness (QED) is 0.449. The molecule has 1 aromatic heterocycles. The Labute approximate surface area is 247 Å². The molecule has 1 unspecified atom stereocenters. The monoisotopic (exact) mass is 578 g/mol. The first-order valence-electron chi connectivity index (χ1n) is 14.8. The lowest BCUT2D eigenvalue weighted by atomic mass is 9.83. The van der Waals surface area contributed by atoms with Crippen LogP contribution in [0.5, 0.6) is 0 Å². The molecule has 2 aromatic rings. The number of nitrogens with one attached hydrogen (secondary N) is 2. The highest BCUT2D eigenvalue weighted by Crippen LogP contribution is 2.47. The van der Waals surface area contributed by atoms with Gasteiger partial charge in [0.1, 0.15) is 5.82 Å². The Morgan fingerprint density at radius 1 is 1.20 bits per heavy atom. The number of amides is 2. The predicted molar refractivity (Wildman–Crippen MR) is 163 cm³/mol. The molecule has 3 saturated heterocycles. The standard InChI is InChI=1S/C31H42N6O3S/c1-18-5-7-25(19-6-8-26-24(11-19)35-29(41-26)20-9-10-36(4)31(2,3)13-20)37(15-18)30(39)28(38)34-22-12-23(21-16-40-17-21)27(32)33-14-22/h6,8,11-12,14,18,20-21,25,29,35H,5,7,9-10,13,15-17H2,1-4H3,(H2,32,33)(H,34,38)/t18-,20+,25+,29?/m0/s1. The Bertz CT molecular complexity index is 1330. The van der Waals surface area contributed by atoms with Gasteiger partial charge in [-0.25, -0.2) is 4.98 Å². The van der Waals surface area contributed by atoms with Gasteiger partial charge in [-0.15, -0.1) is 0 Å². The van der Waals surface area contributed by atoms with Crippen LogP contribution in [0.15, 0.2) is 35.4 Å². The fourth-order valence-electron chi connectivity index (χ4n) is 6.67. The number of nitrogens with zero attached hydrogens (tertiary/aromatic N) is 3. The summed E-state index contributed by atoms with van der Waals surface area (Å²) in [6.45, 7) is 9.64. The molecule has 4 N–H and O–H groups in total. The summed E-state index contributed by atoms with van der Waals surface area (Å²) >= 11 is 1.93. The molecular formula is C31H42N6O3S. The first kappa shape index (κ1) is 28.3. The van der Waals surface area contributed by atoms with E-state index in [4.69, 9.17) is 10.5 Å². The molecule has 5 heterocycles. The molecular weight excluding hydrogens is 536 g/mol. The fourth-order valence-corrected chi connectivity index (χ4v) is 7.94. The van der Waals surface area contributed by atoms with Crippen molar-refractivity contribution in [3.63, 3.8) is 0 Å². The predicted octanol–water partition coefficient (Wildman–Crippen LogP) is 4.68. The second-order valence-corrected chi connectivity index (χ2v) is 14.2. The van der Waals surface area contributed by atoms with Crippen molar-refractivity contribution in [2.75, 3.05) is 49.7 Å². The van der Waals surface area contributed by atoms with Crippen LogP contribution < -0.4 is 16.4 Å². The van der Waals surface area contributed by atoms with Crippen LogP contribution in [0.3, 0.4) is 0 Å². The number of benzene rings is 1. The zero-order valence-electron chi connectivity index (χ0n) is 24.5. The lowest BCUT2D eigenvalue weighted by Crippen LogP contribution is -2.49. The molecule has 4 atom stereocenters. The summed E-state index contributed by atoms with van der Waals surface area (Å²) in [6, 6.07) is 8.20. The number of piperidine rings is 2. The number of likely N-dealkylation sites (tertiary alicyclic amines) is 2. The van der Waals surface area contributed by atoms with Crippen molar-refractivity contribution in [3.05, 3.63) is 41.6 Å². The van der Waals surface area contributed by atoms with Crippen LogP contribution in [0.25, 0.3) is 0 Å². The van der Waals surface area contributed by atoms with Gasteiger partial charge in [-0.2, -0.15) is 0 Å². The van der Waals surface area contributed by atoms with Crippen LogP contribution in [0.4, 0.5) is 17.2 Å². The first-order chi connectivity index (χ1) is 19.6. The number of hydrogen-bond acceptors (Lipinski definition) is 8. The number of ether oxygens (including phenoxy) is 1. The Morgan fingerprint density at radius 3 is 2.73 bits per heavy atom. The summed E-state index contributed by atoms with van der Waals surface area (Å²) in [4.78, 5) is 36.5. The van der Waals surface area contributed by atoms with E-state index in [1.807, 2.05) is 17.8 Å². The van der Waals surface area contributed by atoms with E-state index in [1.54, 1.807) is 4.90 Å². The SMILES string of the molecule is C[C@H]1CC[C@H](c2ccc3c(c2)NC([C@@H]2CCN(C)C(C)(C)C2)S3)N(C(=O)C(=O)Nc2cnc(N)c(C3COC3)c2)C1. The van der Waals surface area contributed by atoms with E-state index in [9.17, 15) is 9.59 Å². The van der Waals surface area contributed by atoms with E-state index in [0.29, 0.717) is 48.5 Å². The van der Waals surface area contributed by atoms with Gasteiger partial charge < -0.3 is 30.9 Å². The summed E-state index contributed by atoms with van der Waals surface area (Å²) < 4.78 is 5.28. The van der Waals surface area contributed by atoms with Crippen LogP contribution in [0.1, 0.15) is 69.5 Å². The van der Waals surface area contributed by atoms with E-state index in [1.165, 1.54) is 17.5 Å². The highest BCUT2D eigenvalue weighted by molar-refractivity contribution is 8.00. The summed E-state index contributed by atoms with van der Waals surface area (Å²) in [5.41, 5.74) is 9.79. The minimum atomic E-state index is -0.647. The molecule has 0 aliphatic carbocycles. The zero-order valence-corrected chi connectivity index (χ0v) is 25.3. The number of pyridine rings is 1.